The van der Waals surface area contributed by atoms with E-state index >= 15 is 0 Å². The Morgan fingerprint density at radius 1 is 1.19 bits per heavy atom. The summed E-state index contributed by atoms with van der Waals surface area (Å²) in [5.41, 5.74) is 3.06. The van der Waals surface area contributed by atoms with Gasteiger partial charge in [-0.25, -0.2) is 9.97 Å². The number of phenolic OH excluding ortho intramolecular Hbond substituents is 1. The molecule has 4 aromatic rings. The molecule has 0 aliphatic heterocycles. The molecular weight excluding hydrogens is 364 g/mol. The van der Waals surface area contributed by atoms with Crippen LogP contribution in [0.1, 0.15) is 5.56 Å². The summed E-state index contributed by atoms with van der Waals surface area (Å²) < 4.78 is 0. The Labute approximate surface area is 158 Å². The maximum atomic E-state index is 11.1. The number of nitro groups is 1. The molecule has 4 rings (SSSR count). The average Bonchev–Trinajstić information content (AvgIpc) is 3.10. The molecule has 2 aromatic carbocycles. The fraction of sp³-hybridized carbons (Fsp3) is 0.0526. The van der Waals surface area contributed by atoms with Gasteiger partial charge in [0.25, 0.3) is 5.69 Å². The fourth-order valence-electron chi connectivity index (χ4n) is 2.85. The van der Waals surface area contributed by atoms with Gasteiger partial charge in [0.05, 0.1) is 16.0 Å². The maximum absolute atomic E-state index is 11.1. The van der Waals surface area contributed by atoms with Gasteiger partial charge in [-0.15, -0.1) is 11.3 Å². The van der Waals surface area contributed by atoms with Crippen LogP contribution in [0.15, 0.2) is 54.2 Å². The van der Waals surface area contributed by atoms with Gasteiger partial charge in [-0.05, 0) is 30.2 Å². The van der Waals surface area contributed by atoms with Gasteiger partial charge in [-0.3, -0.25) is 10.1 Å². The van der Waals surface area contributed by atoms with Crippen LogP contribution in [0, 0.1) is 17.0 Å². The quantitative estimate of drug-likeness (QED) is 0.294. The summed E-state index contributed by atoms with van der Waals surface area (Å²) in [4.78, 5) is 20.1. The standard InChI is InChI=1S/C19H14N4O3S/c1-11-5-6-16(24)15(7-11)22-18-17-14(9-27-19(17)21-10-20-18)12-3-2-4-13(8-12)23(25)26/h2-10,24H,1H3,(H,20,21,22). The molecule has 0 saturated heterocycles. The summed E-state index contributed by atoms with van der Waals surface area (Å²) in [7, 11) is 0. The van der Waals surface area contributed by atoms with E-state index in [4.69, 9.17) is 0 Å². The van der Waals surface area contributed by atoms with E-state index in [0.29, 0.717) is 17.1 Å². The van der Waals surface area contributed by atoms with Crippen molar-refractivity contribution >= 4 is 38.7 Å². The van der Waals surface area contributed by atoms with Crippen molar-refractivity contribution in [3.05, 3.63) is 69.8 Å². The number of rotatable bonds is 4. The number of fused-ring (bicyclic) bond motifs is 1. The minimum absolute atomic E-state index is 0.0227. The second-order valence-electron chi connectivity index (χ2n) is 6.00. The monoisotopic (exact) mass is 378 g/mol. The summed E-state index contributed by atoms with van der Waals surface area (Å²) in [5.74, 6) is 0.642. The van der Waals surface area contributed by atoms with Gasteiger partial charge in [0.1, 0.15) is 22.7 Å². The van der Waals surface area contributed by atoms with E-state index in [1.807, 2.05) is 30.5 Å². The molecule has 0 spiro atoms. The second kappa shape index (κ2) is 6.65. The molecule has 0 unspecified atom stereocenters. The summed E-state index contributed by atoms with van der Waals surface area (Å²) in [6.07, 6.45) is 1.45. The minimum Gasteiger partial charge on any atom is -0.506 e. The molecule has 0 radical (unpaired) electrons. The molecule has 0 fully saturated rings. The second-order valence-corrected chi connectivity index (χ2v) is 6.86. The first-order chi connectivity index (χ1) is 13.0. The van der Waals surface area contributed by atoms with E-state index in [-0.39, 0.29) is 11.4 Å². The van der Waals surface area contributed by atoms with Crippen LogP contribution in [0.2, 0.25) is 0 Å². The number of hydrogen-bond acceptors (Lipinski definition) is 7. The van der Waals surface area contributed by atoms with Crippen molar-refractivity contribution in [1.82, 2.24) is 9.97 Å². The van der Waals surface area contributed by atoms with E-state index < -0.39 is 4.92 Å². The van der Waals surface area contributed by atoms with Gasteiger partial charge in [0.15, 0.2) is 0 Å². The molecule has 8 heteroatoms. The number of hydrogen-bond donors (Lipinski definition) is 2. The van der Waals surface area contributed by atoms with E-state index in [0.717, 1.165) is 21.3 Å². The molecule has 0 aliphatic rings. The van der Waals surface area contributed by atoms with Crippen molar-refractivity contribution in [1.29, 1.82) is 0 Å². The highest BCUT2D eigenvalue weighted by atomic mass is 32.1. The number of phenols is 1. The van der Waals surface area contributed by atoms with E-state index in [1.165, 1.54) is 29.8 Å². The molecule has 0 saturated carbocycles. The lowest BCUT2D eigenvalue weighted by Gasteiger charge is -2.10. The zero-order chi connectivity index (χ0) is 19.0. The van der Waals surface area contributed by atoms with Gasteiger partial charge in [-0.1, -0.05) is 18.2 Å². The zero-order valence-corrected chi connectivity index (χ0v) is 15.0. The molecule has 2 aromatic heterocycles. The van der Waals surface area contributed by atoms with E-state index in [9.17, 15) is 15.2 Å². The summed E-state index contributed by atoms with van der Waals surface area (Å²) in [5, 5.41) is 27.0. The van der Waals surface area contributed by atoms with Crippen molar-refractivity contribution in [2.45, 2.75) is 6.92 Å². The van der Waals surface area contributed by atoms with Gasteiger partial charge < -0.3 is 10.4 Å². The van der Waals surface area contributed by atoms with Crippen molar-refractivity contribution < 1.29 is 10.0 Å². The number of nitrogens with zero attached hydrogens (tertiary/aromatic N) is 3. The Bertz CT molecular complexity index is 1170. The lowest BCUT2D eigenvalue weighted by atomic mass is 10.1. The lowest BCUT2D eigenvalue weighted by molar-refractivity contribution is -0.384. The smallest absolute Gasteiger partial charge is 0.270 e. The van der Waals surface area contributed by atoms with Crippen molar-refractivity contribution in [2.24, 2.45) is 0 Å². The third kappa shape index (κ3) is 3.18. The van der Waals surface area contributed by atoms with Crippen molar-refractivity contribution in [3.8, 4) is 16.9 Å². The molecule has 0 amide bonds. The number of anilines is 2. The Kier molecular flexibility index (Phi) is 4.17. The molecule has 7 nitrogen and oxygen atoms in total. The highest BCUT2D eigenvalue weighted by Gasteiger charge is 2.16. The molecule has 27 heavy (non-hydrogen) atoms. The Hall–Kier alpha value is -3.52. The third-order valence-electron chi connectivity index (χ3n) is 4.14. The number of thiophene rings is 1. The van der Waals surface area contributed by atoms with Crippen LogP contribution >= 0.6 is 11.3 Å². The number of non-ortho nitro benzene ring substituents is 1. The van der Waals surface area contributed by atoms with Gasteiger partial charge in [0.2, 0.25) is 0 Å². The third-order valence-corrected chi connectivity index (χ3v) is 5.03. The van der Waals surface area contributed by atoms with E-state index in [2.05, 4.69) is 15.3 Å². The van der Waals surface area contributed by atoms with Gasteiger partial charge in [0, 0.05) is 23.1 Å². The van der Waals surface area contributed by atoms with Crippen LogP contribution in [-0.2, 0) is 0 Å². The number of nitrogens with one attached hydrogen (secondary N) is 1. The van der Waals surface area contributed by atoms with Crippen molar-refractivity contribution in [3.63, 3.8) is 0 Å². The molecule has 2 heterocycles. The van der Waals surface area contributed by atoms with Crippen LogP contribution < -0.4 is 5.32 Å². The number of nitro benzene ring substituents is 1. The summed E-state index contributed by atoms with van der Waals surface area (Å²) >= 11 is 1.43. The summed E-state index contributed by atoms with van der Waals surface area (Å²) in [6.45, 7) is 1.93. The van der Waals surface area contributed by atoms with Crippen LogP contribution in [0.5, 0.6) is 5.75 Å². The van der Waals surface area contributed by atoms with Crippen LogP contribution in [0.4, 0.5) is 17.2 Å². The molecule has 0 bridgehead atoms. The lowest BCUT2D eigenvalue weighted by Crippen LogP contribution is -1.96. The van der Waals surface area contributed by atoms with Crippen LogP contribution in [0.3, 0.4) is 0 Å². The first-order valence-corrected chi connectivity index (χ1v) is 8.94. The zero-order valence-electron chi connectivity index (χ0n) is 14.2. The SMILES string of the molecule is Cc1ccc(O)c(Nc2ncnc3scc(-c4cccc([N+](=O)[O-])c4)c23)c1. The molecule has 0 atom stereocenters. The number of aryl methyl sites for hydroxylation is 1. The molecular formula is C19H14N4O3S. The van der Waals surface area contributed by atoms with Gasteiger partial charge in [-0.2, -0.15) is 0 Å². The fourth-order valence-corrected chi connectivity index (χ4v) is 3.76. The highest BCUT2D eigenvalue weighted by Crippen LogP contribution is 2.39. The van der Waals surface area contributed by atoms with E-state index in [1.54, 1.807) is 12.1 Å². The Morgan fingerprint density at radius 3 is 2.85 bits per heavy atom. The first kappa shape index (κ1) is 16.9. The molecule has 2 N–H and O–H groups in total. The largest absolute Gasteiger partial charge is 0.506 e. The predicted molar refractivity (Wildman–Crippen MR) is 106 cm³/mol. The number of benzene rings is 2. The van der Waals surface area contributed by atoms with Crippen molar-refractivity contribution in [2.75, 3.05) is 5.32 Å². The first-order valence-electron chi connectivity index (χ1n) is 8.06. The average molecular weight is 378 g/mol. The van der Waals surface area contributed by atoms with Crippen LogP contribution in [-0.4, -0.2) is 20.0 Å². The summed E-state index contributed by atoms with van der Waals surface area (Å²) in [6, 6.07) is 11.7. The minimum atomic E-state index is -0.418. The van der Waals surface area contributed by atoms with Crippen LogP contribution in [0.25, 0.3) is 21.3 Å². The molecule has 0 aliphatic carbocycles. The Morgan fingerprint density at radius 2 is 2.04 bits per heavy atom. The molecule has 134 valence electrons. The Balaban J connectivity index is 1.86. The maximum Gasteiger partial charge on any atom is 0.270 e. The normalized spacial score (nSPS) is 10.9. The van der Waals surface area contributed by atoms with Gasteiger partial charge >= 0.3 is 0 Å². The predicted octanol–water partition coefficient (Wildman–Crippen LogP) is 5.02. The topological polar surface area (TPSA) is 101 Å². The number of aromatic hydroxyl groups is 1. The number of aromatic nitrogens is 2. The highest BCUT2D eigenvalue weighted by molar-refractivity contribution is 7.17.